The van der Waals surface area contributed by atoms with E-state index in [2.05, 4.69) is 53.1 Å². The van der Waals surface area contributed by atoms with Crippen LogP contribution in [0.5, 0.6) is 0 Å². The molecule has 4 nitrogen and oxygen atoms in total. The van der Waals surface area contributed by atoms with E-state index in [1.165, 1.54) is 11.1 Å². The smallest absolute Gasteiger partial charge is 0.207 e. The van der Waals surface area contributed by atoms with Crippen molar-refractivity contribution in [3.63, 3.8) is 0 Å². The highest BCUT2D eigenvalue weighted by atomic mass is 16.5. The molecule has 0 unspecified atom stereocenters. The minimum Gasteiger partial charge on any atom is -0.382 e. The Labute approximate surface area is 127 Å². The lowest BCUT2D eigenvalue weighted by Gasteiger charge is -2.13. The van der Waals surface area contributed by atoms with Gasteiger partial charge in [-0.3, -0.25) is 0 Å². The van der Waals surface area contributed by atoms with Crippen molar-refractivity contribution in [2.75, 3.05) is 18.5 Å². The summed E-state index contributed by atoms with van der Waals surface area (Å²) in [6, 6.07) is 6.31. The number of rotatable bonds is 7. The summed E-state index contributed by atoms with van der Waals surface area (Å²) in [5, 5.41) is 3.48. The Hall–Kier alpha value is -1.81. The molecule has 0 atom stereocenters. The van der Waals surface area contributed by atoms with E-state index in [1.807, 2.05) is 13.8 Å². The molecule has 0 aliphatic heterocycles. The van der Waals surface area contributed by atoms with E-state index in [1.54, 1.807) is 0 Å². The van der Waals surface area contributed by atoms with E-state index in [9.17, 15) is 0 Å². The minimum atomic E-state index is 0.774. The van der Waals surface area contributed by atoms with E-state index in [0.29, 0.717) is 0 Å². The molecule has 0 bridgehead atoms. The molecule has 2 rings (SSSR count). The van der Waals surface area contributed by atoms with E-state index in [4.69, 9.17) is 4.74 Å². The second kappa shape index (κ2) is 7.27. The summed E-state index contributed by atoms with van der Waals surface area (Å²) in [6.45, 7) is 10.8. The van der Waals surface area contributed by atoms with Gasteiger partial charge in [-0.2, -0.15) is 0 Å². The second-order valence-electron chi connectivity index (χ2n) is 5.34. The van der Waals surface area contributed by atoms with Gasteiger partial charge in [-0.15, -0.1) is 0 Å². The number of benzene rings is 1. The highest BCUT2D eigenvalue weighted by Gasteiger charge is 2.09. The topological polar surface area (TPSA) is 39.1 Å². The van der Waals surface area contributed by atoms with Crippen LogP contribution in [0.25, 0.3) is 0 Å². The third kappa shape index (κ3) is 4.08. The van der Waals surface area contributed by atoms with Crippen LogP contribution >= 0.6 is 0 Å². The fraction of sp³-hybridized carbons (Fsp3) is 0.471. The van der Waals surface area contributed by atoms with E-state index < -0.39 is 0 Å². The highest BCUT2D eigenvalue weighted by Crippen LogP contribution is 2.24. The summed E-state index contributed by atoms with van der Waals surface area (Å²) < 4.78 is 7.57. The number of nitrogens with zero attached hydrogens (tertiary/aromatic N) is 2. The normalized spacial score (nSPS) is 10.9. The van der Waals surface area contributed by atoms with Gasteiger partial charge < -0.3 is 14.6 Å². The molecule has 1 aromatic heterocycles. The predicted octanol–water partition coefficient (Wildman–Crippen LogP) is 3.98. The Morgan fingerprint density at radius 3 is 2.57 bits per heavy atom. The van der Waals surface area contributed by atoms with Crippen LogP contribution < -0.4 is 5.32 Å². The standard InChI is InChI=1S/C17H25N3O/c1-5-21-11-7-10-20-12-15(4)18-17(20)19-16-13(2)8-6-9-14(16)3/h6,8-9,12H,5,7,10-11H2,1-4H3,(H,18,19). The van der Waals surface area contributed by atoms with Crippen molar-refractivity contribution >= 4 is 11.6 Å². The van der Waals surface area contributed by atoms with Crippen molar-refractivity contribution in [1.82, 2.24) is 9.55 Å². The highest BCUT2D eigenvalue weighted by molar-refractivity contribution is 5.63. The summed E-state index contributed by atoms with van der Waals surface area (Å²) in [7, 11) is 0. The van der Waals surface area contributed by atoms with E-state index in [-0.39, 0.29) is 0 Å². The quantitative estimate of drug-likeness (QED) is 0.783. The average Bonchev–Trinajstić information content (AvgIpc) is 2.79. The van der Waals surface area contributed by atoms with Crippen LogP contribution in [0.15, 0.2) is 24.4 Å². The largest absolute Gasteiger partial charge is 0.382 e. The van der Waals surface area contributed by atoms with Gasteiger partial charge in [0.2, 0.25) is 5.95 Å². The minimum absolute atomic E-state index is 0.774. The molecular formula is C17H25N3O. The summed E-state index contributed by atoms with van der Waals surface area (Å²) in [5.41, 5.74) is 4.64. The van der Waals surface area contributed by atoms with E-state index >= 15 is 0 Å². The number of aryl methyl sites for hydroxylation is 4. The third-order valence-electron chi connectivity index (χ3n) is 3.51. The maximum absolute atomic E-state index is 5.40. The van der Waals surface area contributed by atoms with Crippen LogP contribution in [0, 0.1) is 20.8 Å². The first kappa shape index (κ1) is 15.6. The lowest BCUT2D eigenvalue weighted by molar-refractivity contribution is 0.142. The van der Waals surface area contributed by atoms with Gasteiger partial charge in [0.25, 0.3) is 0 Å². The number of para-hydroxylation sites is 1. The number of anilines is 2. The van der Waals surface area contributed by atoms with Crippen molar-refractivity contribution in [2.24, 2.45) is 0 Å². The zero-order valence-corrected chi connectivity index (χ0v) is 13.4. The number of ether oxygens (including phenoxy) is 1. The van der Waals surface area contributed by atoms with Gasteiger partial charge in [0.1, 0.15) is 0 Å². The third-order valence-corrected chi connectivity index (χ3v) is 3.51. The average molecular weight is 287 g/mol. The molecule has 1 heterocycles. The van der Waals surface area contributed by atoms with E-state index in [0.717, 1.165) is 43.5 Å². The molecule has 2 aromatic rings. The fourth-order valence-corrected chi connectivity index (χ4v) is 2.42. The Morgan fingerprint density at radius 1 is 1.19 bits per heavy atom. The van der Waals surface area contributed by atoms with Crippen LogP contribution in [0.1, 0.15) is 30.2 Å². The van der Waals surface area contributed by atoms with Crippen molar-refractivity contribution in [3.8, 4) is 0 Å². The molecule has 0 saturated heterocycles. The van der Waals surface area contributed by atoms with Crippen LogP contribution in [-0.4, -0.2) is 22.8 Å². The number of nitrogens with one attached hydrogen (secondary N) is 1. The van der Waals surface area contributed by atoms with Gasteiger partial charge in [0, 0.05) is 31.6 Å². The molecule has 0 spiro atoms. The fourth-order valence-electron chi connectivity index (χ4n) is 2.42. The zero-order valence-electron chi connectivity index (χ0n) is 13.4. The molecule has 0 saturated carbocycles. The summed E-state index contributed by atoms with van der Waals surface area (Å²) in [4.78, 5) is 4.60. The number of hydrogen-bond acceptors (Lipinski definition) is 3. The molecular weight excluding hydrogens is 262 g/mol. The van der Waals surface area contributed by atoms with Gasteiger partial charge in [-0.25, -0.2) is 4.98 Å². The second-order valence-corrected chi connectivity index (χ2v) is 5.34. The Balaban J connectivity index is 2.12. The number of imidazole rings is 1. The Morgan fingerprint density at radius 2 is 1.90 bits per heavy atom. The first-order valence-corrected chi connectivity index (χ1v) is 7.56. The van der Waals surface area contributed by atoms with Gasteiger partial charge in [0.15, 0.2) is 0 Å². The van der Waals surface area contributed by atoms with Gasteiger partial charge >= 0.3 is 0 Å². The Kier molecular flexibility index (Phi) is 5.39. The summed E-state index contributed by atoms with van der Waals surface area (Å²) in [6.07, 6.45) is 3.08. The SMILES string of the molecule is CCOCCCn1cc(C)nc1Nc1c(C)cccc1C. The monoisotopic (exact) mass is 287 g/mol. The molecule has 0 aliphatic rings. The molecule has 0 fully saturated rings. The number of hydrogen-bond donors (Lipinski definition) is 1. The zero-order chi connectivity index (χ0) is 15.2. The molecule has 1 aromatic carbocycles. The van der Waals surface area contributed by atoms with Crippen LogP contribution in [-0.2, 0) is 11.3 Å². The summed E-state index contributed by atoms with van der Waals surface area (Å²) >= 11 is 0. The van der Waals surface area contributed by atoms with Gasteiger partial charge in [-0.05, 0) is 45.2 Å². The lowest BCUT2D eigenvalue weighted by atomic mass is 10.1. The molecule has 114 valence electrons. The van der Waals surface area contributed by atoms with Crippen molar-refractivity contribution < 1.29 is 4.74 Å². The Bertz CT molecular complexity index is 569. The first-order valence-electron chi connectivity index (χ1n) is 7.56. The number of aromatic nitrogens is 2. The lowest BCUT2D eigenvalue weighted by Crippen LogP contribution is -2.07. The van der Waals surface area contributed by atoms with Crippen molar-refractivity contribution in [2.45, 2.75) is 40.7 Å². The van der Waals surface area contributed by atoms with Gasteiger partial charge in [-0.1, -0.05) is 18.2 Å². The molecule has 0 aliphatic carbocycles. The molecule has 0 amide bonds. The molecule has 4 heteroatoms. The maximum atomic E-state index is 5.40. The summed E-state index contributed by atoms with van der Waals surface area (Å²) in [5.74, 6) is 0.904. The molecule has 0 radical (unpaired) electrons. The maximum Gasteiger partial charge on any atom is 0.207 e. The van der Waals surface area contributed by atoms with Crippen LogP contribution in [0.4, 0.5) is 11.6 Å². The van der Waals surface area contributed by atoms with Crippen LogP contribution in [0.3, 0.4) is 0 Å². The van der Waals surface area contributed by atoms with Crippen molar-refractivity contribution in [3.05, 3.63) is 41.2 Å². The molecule has 21 heavy (non-hydrogen) atoms. The van der Waals surface area contributed by atoms with Crippen molar-refractivity contribution in [1.29, 1.82) is 0 Å². The molecule has 1 N–H and O–H groups in total. The van der Waals surface area contributed by atoms with Gasteiger partial charge in [0.05, 0.1) is 5.69 Å². The first-order chi connectivity index (χ1) is 10.1. The van der Waals surface area contributed by atoms with Crippen LogP contribution in [0.2, 0.25) is 0 Å². The predicted molar refractivity (Wildman–Crippen MR) is 87.3 cm³/mol.